The smallest absolute Gasteiger partial charge is 0.193 e. The Labute approximate surface area is 210 Å². The van der Waals surface area contributed by atoms with Gasteiger partial charge in [-0.15, -0.1) is 24.0 Å². The Bertz CT molecular complexity index is 685. The number of hydrogen-bond donors (Lipinski definition) is 1. The Balaban J connectivity index is 0.00000363. The minimum absolute atomic E-state index is 0. The molecule has 3 rings (SSSR count). The van der Waals surface area contributed by atoms with Crippen LogP contribution >= 0.6 is 24.0 Å². The molecule has 0 saturated carbocycles. The van der Waals surface area contributed by atoms with E-state index in [1.807, 2.05) is 6.07 Å². The molecule has 0 bridgehead atoms. The summed E-state index contributed by atoms with van der Waals surface area (Å²) in [6.45, 7) is 10.1. The van der Waals surface area contributed by atoms with Crippen LogP contribution in [0.4, 0.5) is 0 Å². The molecular weight excluding hydrogens is 519 g/mol. The standard InChI is InChI=1S/C24H40N4O3.HI/c1-4-25-24(28-14-11-20(18-28)19-31-16-15-29-2)26-17-22(27-12-7-8-13-27)21-9-5-6-10-23(21)30-3;/h5-6,9-10,20,22H,4,7-8,11-19H2,1-3H3,(H,25,26);1H. The summed E-state index contributed by atoms with van der Waals surface area (Å²) in [6.07, 6.45) is 3.65. The molecule has 2 fully saturated rings. The van der Waals surface area contributed by atoms with Gasteiger partial charge in [-0.3, -0.25) is 9.89 Å². The first-order valence-electron chi connectivity index (χ1n) is 11.7. The van der Waals surface area contributed by atoms with E-state index in [1.165, 1.54) is 18.4 Å². The van der Waals surface area contributed by atoms with E-state index in [2.05, 4.69) is 40.2 Å². The van der Waals surface area contributed by atoms with Gasteiger partial charge < -0.3 is 24.4 Å². The Morgan fingerprint density at radius 1 is 1.16 bits per heavy atom. The van der Waals surface area contributed by atoms with E-state index in [0.717, 1.165) is 64.0 Å². The highest BCUT2D eigenvalue weighted by Gasteiger charge is 2.28. The lowest BCUT2D eigenvalue weighted by Gasteiger charge is -2.29. The highest BCUT2D eigenvalue weighted by atomic mass is 127. The van der Waals surface area contributed by atoms with E-state index in [1.54, 1.807) is 14.2 Å². The zero-order chi connectivity index (χ0) is 21.9. The Hall–Kier alpha value is -1.10. The van der Waals surface area contributed by atoms with Gasteiger partial charge in [0.25, 0.3) is 0 Å². The average Bonchev–Trinajstić information content (AvgIpc) is 3.49. The number of rotatable bonds is 11. The zero-order valence-corrected chi connectivity index (χ0v) is 22.3. The van der Waals surface area contributed by atoms with Crippen molar-refractivity contribution in [2.24, 2.45) is 10.9 Å². The Kier molecular flexibility index (Phi) is 12.7. The first kappa shape index (κ1) is 27.1. The molecule has 0 amide bonds. The highest BCUT2D eigenvalue weighted by molar-refractivity contribution is 14.0. The second-order valence-electron chi connectivity index (χ2n) is 8.36. The molecule has 0 radical (unpaired) electrons. The fraction of sp³-hybridized carbons (Fsp3) is 0.708. The van der Waals surface area contributed by atoms with Crippen LogP contribution in [-0.4, -0.2) is 89.1 Å². The highest BCUT2D eigenvalue weighted by Crippen LogP contribution is 2.32. The number of para-hydroxylation sites is 1. The van der Waals surface area contributed by atoms with Crippen molar-refractivity contribution in [1.29, 1.82) is 0 Å². The van der Waals surface area contributed by atoms with Crippen LogP contribution < -0.4 is 10.1 Å². The van der Waals surface area contributed by atoms with Gasteiger partial charge in [0.15, 0.2) is 5.96 Å². The van der Waals surface area contributed by atoms with E-state index in [9.17, 15) is 0 Å². The SMILES string of the molecule is CCNC(=NCC(c1ccccc1OC)N1CCCC1)N1CCC(COCCOC)C1.I. The molecule has 2 unspecified atom stereocenters. The van der Waals surface area contributed by atoms with Crippen LogP contribution in [-0.2, 0) is 9.47 Å². The van der Waals surface area contributed by atoms with Crippen molar-refractivity contribution < 1.29 is 14.2 Å². The topological polar surface area (TPSA) is 58.6 Å². The summed E-state index contributed by atoms with van der Waals surface area (Å²) in [4.78, 5) is 10.1. The van der Waals surface area contributed by atoms with E-state index in [-0.39, 0.29) is 30.0 Å². The van der Waals surface area contributed by atoms with Crippen molar-refractivity contribution >= 4 is 29.9 Å². The molecule has 2 atom stereocenters. The predicted octanol–water partition coefficient (Wildman–Crippen LogP) is 3.40. The van der Waals surface area contributed by atoms with E-state index < -0.39 is 0 Å². The number of guanidine groups is 1. The molecule has 0 aliphatic carbocycles. The molecule has 32 heavy (non-hydrogen) atoms. The number of methoxy groups -OCH3 is 2. The van der Waals surface area contributed by atoms with Crippen molar-refractivity contribution in [3.8, 4) is 5.75 Å². The Morgan fingerprint density at radius 2 is 1.94 bits per heavy atom. The molecule has 1 aromatic rings. The van der Waals surface area contributed by atoms with E-state index >= 15 is 0 Å². The maximum Gasteiger partial charge on any atom is 0.193 e. The van der Waals surface area contributed by atoms with Crippen LogP contribution in [0.5, 0.6) is 5.75 Å². The third-order valence-electron chi connectivity index (χ3n) is 6.20. The maximum atomic E-state index is 5.76. The molecule has 1 aromatic carbocycles. The summed E-state index contributed by atoms with van der Waals surface area (Å²) in [5.41, 5.74) is 1.23. The lowest BCUT2D eigenvalue weighted by atomic mass is 10.0. The zero-order valence-electron chi connectivity index (χ0n) is 19.9. The van der Waals surface area contributed by atoms with E-state index in [4.69, 9.17) is 19.2 Å². The predicted molar refractivity (Wildman–Crippen MR) is 140 cm³/mol. The molecule has 2 aliphatic rings. The van der Waals surface area contributed by atoms with Crippen molar-refractivity contribution in [2.75, 3.05) is 73.3 Å². The third-order valence-corrected chi connectivity index (χ3v) is 6.20. The fourth-order valence-corrected chi connectivity index (χ4v) is 4.56. The summed E-state index contributed by atoms with van der Waals surface area (Å²) in [5.74, 6) is 2.51. The molecule has 182 valence electrons. The number of nitrogens with zero attached hydrogens (tertiary/aromatic N) is 3. The minimum Gasteiger partial charge on any atom is -0.496 e. The summed E-state index contributed by atoms with van der Waals surface area (Å²) in [6, 6.07) is 8.62. The monoisotopic (exact) mass is 560 g/mol. The van der Waals surface area contributed by atoms with Crippen molar-refractivity contribution in [3.05, 3.63) is 29.8 Å². The van der Waals surface area contributed by atoms with Crippen LogP contribution in [0, 0.1) is 5.92 Å². The Morgan fingerprint density at radius 3 is 2.66 bits per heavy atom. The largest absolute Gasteiger partial charge is 0.496 e. The molecule has 2 aliphatic heterocycles. The molecule has 1 N–H and O–H groups in total. The van der Waals surface area contributed by atoms with Gasteiger partial charge in [-0.1, -0.05) is 18.2 Å². The number of nitrogens with one attached hydrogen (secondary N) is 1. The van der Waals surface area contributed by atoms with Gasteiger partial charge in [-0.05, 0) is 45.3 Å². The second-order valence-corrected chi connectivity index (χ2v) is 8.36. The first-order valence-corrected chi connectivity index (χ1v) is 11.7. The van der Waals surface area contributed by atoms with Crippen molar-refractivity contribution in [3.63, 3.8) is 0 Å². The van der Waals surface area contributed by atoms with Gasteiger partial charge in [-0.25, -0.2) is 0 Å². The van der Waals surface area contributed by atoms with Crippen LogP contribution in [0.3, 0.4) is 0 Å². The van der Waals surface area contributed by atoms with Crippen molar-refractivity contribution in [1.82, 2.24) is 15.1 Å². The molecule has 7 nitrogen and oxygen atoms in total. The van der Waals surface area contributed by atoms with Gasteiger partial charge in [0.1, 0.15) is 5.75 Å². The second kappa shape index (κ2) is 14.9. The van der Waals surface area contributed by atoms with Gasteiger partial charge in [0, 0.05) is 38.2 Å². The number of ether oxygens (including phenoxy) is 3. The van der Waals surface area contributed by atoms with Crippen LogP contribution in [0.1, 0.15) is 37.8 Å². The first-order chi connectivity index (χ1) is 15.3. The van der Waals surface area contributed by atoms with Gasteiger partial charge in [0.05, 0.1) is 39.5 Å². The number of halogens is 1. The third kappa shape index (κ3) is 7.74. The molecule has 2 heterocycles. The van der Waals surface area contributed by atoms with Crippen LogP contribution in [0.25, 0.3) is 0 Å². The number of likely N-dealkylation sites (tertiary alicyclic amines) is 2. The molecular formula is C24H41IN4O3. The summed E-state index contributed by atoms with van der Waals surface area (Å²) in [5, 5.41) is 3.51. The lowest BCUT2D eigenvalue weighted by molar-refractivity contribution is 0.0536. The summed E-state index contributed by atoms with van der Waals surface area (Å²) in [7, 11) is 3.46. The average molecular weight is 561 g/mol. The number of aliphatic imine (C=N–C) groups is 1. The molecule has 0 spiro atoms. The minimum atomic E-state index is 0. The molecule has 2 saturated heterocycles. The number of benzene rings is 1. The molecule has 0 aromatic heterocycles. The number of hydrogen-bond acceptors (Lipinski definition) is 5. The maximum absolute atomic E-state index is 5.76. The summed E-state index contributed by atoms with van der Waals surface area (Å²) < 4.78 is 16.5. The van der Waals surface area contributed by atoms with Crippen LogP contribution in [0.15, 0.2) is 29.3 Å². The quantitative estimate of drug-likeness (QED) is 0.194. The van der Waals surface area contributed by atoms with E-state index in [0.29, 0.717) is 19.1 Å². The summed E-state index contributed by atoms with van der Waals surface area (Å²) >= 11 is 0. The van der Waals surface area contributed by atoms with Gasteiger partial charge in [0.2, 0.25) is 0 Å². The normalized spacial score (nSPS) is 20.3. The lowest BCUT2D eigenvalue weighted by Crippen LogP contribution is -2.41. The van der Waals surface area contributed by atoms with Gasteiger partial charge in [-0.2, -0.15) is 0 Å². The van der Waals surface area contributed by atoms with Crippen molar-refractivity contribution in [2.45, 2.75) is 32.2 Å². The van der Waals surface area contributed by atoms with Gasteiger partial charge >= 0.3 is 0 Å². The fourth-order valence-electron chi connectivity index (χ4n) is 4.56. The molecule has 8 heteroatoms. The van der Waals surface area contributed by atoms with Crippen LogP contribution in [0.2, 0.25) is 0 Å².